The second-order valence-corrected chi connectivity index (χ2v) is 6.50. The Bertz CT molecular complexity index is 544. The predicted molar refractivity (Wildman–Crippen MR) is 65.1 cm³/mol. The van der Waals surface area contributed by atoms with Crippen molar-refractivity contribution >= 4 is 10.0 Å². The Hall–Kier alpha value is -0.980. The average Bonchev–Trinajstić information content (AvgIpc) is 2.32. The molecule has 100 valence electrons. The van der Waals surface area contributed by atoms with Crippen LogP contribution in [0.15, 0.2) is 23.1 Å². The number of β-amino-alcohol motifs (C(OH)–C–C–N with tert-alkyl or cyclic N) is 1. The Morgan fingerprint density at radius 3 is 2.83 bits per heavy atom. The van der Waals surface area contributed by atoms with Crippen LogP contribution in [0.3, 0.4) is 0 Å². The first-order valence-electron chi connectivity index (χ1n) is 5.85. The van der Waals surface area contributed by atoms with Gasteiger partial charge in [0.15, 0.2) is 0 Å². The van der Waals surface area contributed by atoms with Crippen molar-refractivity contribution in [3.05, 3.63) is 29.6 Å². The van der Waals surface area contributed by atoms with Gasteiger partial charge in [-0.25, -0.2) is 12.8 Å². The normalized spacial score (nSPS) is 22.1. The first-order valence-corrected chi connectivity index (χ1v) is 7.29. The van der Waals surface area contributed by atoms with E-state index in [4.69, 9.17) is 0 Å². The molecule has 1 N–H and O–H groups in total. The van der Waals surface area contributed by atoms with E-state index in [0.29, 0.717) is 24.9 Å². The van der Waals surface area contributed by atoms with Crippen molar-refractivity contribution in [2.75, 3.05) is 13.1 Å². The molecule has 6 heteroatoms. The lowest BCUT2D eigenvalue weighted by molar-refractivity contribution is 0.108. The van der Waals surface area contributed by atoms with Gasteiger partial charge in [0.1, 0.15) is 10.7 Å². The summed E-state index contributed by atoms with van der Waals surface area (Å²) in [5, 5.41) is 9.51. The summed E-state index contributed by atoms with van der Waals surface area (Å²) < 4.78 is 39.4. The third kappa shape index (κ3) is 2.55. The minimum atomic E-state index is -3.85. The molecule has 1 saturated heterocycles. The highest BCUT2D eigenvalue weighted by atomic mass is 32.2. The average molecular weight is 273 g/mol. The van der Waals surface area contributed by atoms with E-state index in [-0.39, 0.29) is 11.4 Å². The van der Waals surface area contributed by atoms with Crippen LogP contribution < -0.4 is 0 Å². The molecule has 0 aliphatic carbocycles. The first-order chi connectivity index (χ1) is 8.41. The zero-order valence-corrected chi connectivity index (χ0v) is 11.0. The van der Waals surface area contributed by atoms with Gasteiger partial charge < -0.3 is 5.11 Å². The van der Waals surface area contributed by atoms with Crippen LogP contribution in [-0.2, 0) is 10.0 Å². The quantitative estimate of drug-likeness (QED) is 0.883. The van der Waals surface area contributed by atoms with Gasteiger partial charge in [-0.15, -0.1) is 0 Å². The molecule has 1 atom stereocenters. The van der Waals surface area contributed by atoms with E-state index in [0.717, 1.165) is 10.4 Å². The molecule has 18 heavy (non-hydrogen) atoms. The summed E-state index contributed by atoms with van der Waals surface area (Å²) in [6.07, 6.45) is 0.511. The molecule has 0 saturated carbocycles. The predicted octanol–water partition coefficient (Wildman–Crippen LogP) is 1.28. The highest BCUT2D eigenvalue weighted by molar-refractivity contribution is 7.89. The summed E-state index contributed by atoms with van der Waals surface area (Å²) in [4.78, 5) is -0.309. The van der Waals surface area contributed by atoms with Crippen molar-refractivity contribution in [3.8, 4) is 0 Å². The topological polar surface area (TPSA) is 57.6 Å². The number of sulfonamides is 1. The number of aliphatic hydroxyl groups excluding tert-OH is 1. The lowest BCUT2D eigenvalue weighted by atomic mass is 10.1. The van der Waals surface area contributed by atoms with Crippen LogP contribution in [0, 0.1) is 12.7 Å². The van der Waals surface area contributed by atoms with Crippen molar-refractivity contribution in [1.82, 2.24) is 4.31 Å². The molecule has 2 rings (SSSR count). The van der Waals surface area contributed by atoms with Crippen LogP contribution in [0.2, 0.25) is 0 Å². The lowest BCUT2D eigenvalue weighted by Crippen LogP contribution is -2.42. The van der Waals surface area contributed by atoms with E-state index in [9.17, 15) is 17.9 Å². The minimum absolute atomic E-state index is 0.0374. The Morgan fingerprint density at radius 2 is 2.17 bits per heavy atom. The van der Waals surface area contributed by atoms with Crippen molar-refractivity contribution in [3.63, 3.8) is 0 Å². The summed E-state index contributed by atoms with van der Waals surface area (Å²) in [6.45, 7) is 2.08. The van der Waals surface area contributed by atoms with E-state index in [1.165, 1.54) is 12.1 Å². The Labute approximate surface area is 106 Å². The van der Waals surface area contributed by atoms with Crippen LogP contribution in [-0.4, -0.2) is 37.0 Å². The SMILES string of the molecule is Cc1ccc(F)c(S(=O)(=O)N2CCCC(O)C2)c1. The van der Waals surface area contributed by atoms with Crippen molar-refractivity contribution in [2.45, 2.75) is 30.8 Å². The molecule has 0 radical (unpaired) electrons. The smallest absolute Gasteiger partial charge is 0.246 e. The van der Waals surface area contributed by atoms with E-state index >= 15 is 0 Å². The van der Waals surface area contributed by atoms with Gasteiger partial charge in [-0.1, -0.05) is 6.07 Å². The molecule has 1 heterocycles. The molecule has 0 amide bonds. The zero-order valence-electron chi connectivity index (χ0n) is 10.1. The van der Waals surface area contributed by atoms with E-state index in [1.807, 2.05) is 0 Å². The van der Waals surface area contributed by atoms with Crippen LogP contribution in [0.5, 0.6) is 0 Å². The third-order valence-corrected chi connectivity index (χ3v) is 4.94. The Kier molecular flexibility index (Phi) is 3.70. The minimum Gasteiger partial charge on any atom is -0.392 e. The molecule has 1 fully saturated rings. The molecule has 0 aromatic heterocycles. The summed E-state index contributed by atoms with van der Waals surface area (Å²) in [6, 6.07) is 4.01. The fraction of sp³-hybridized carbons (Fsp3) is 0.500. The molecule has 1 aliphatic heterocycles. The number of aliphatic hydroxyl groups is 1. The molecular formula is C12H16FNO3S. The second kappa shape index (κ2) is 4.95. The largest absolute Gasteiger partial charge is 0.392 e. The number of hydrogen-bond donors (Lipinski definition) is 1. The molecular weight excluding hydrogens is 257 g/mol. The van der Waals surface area contributed by atoms with Gasteiger partial charge in [0.2, 0.25) is 10.0 Å². The van der Waals surface area contributed by atoms with Gasteiger partial charge in [0, 0.05) is 13.1 Å². The maximum atomic E-state index is 13.6. The van der Waals surface area contributed by atoms with E-state index in [2.05, 4.69) is 0 Å². The van der Waals surface area contributed by atoms with E-state index < -0.39 is 21.9 Å². The van der Waals surface area contributed by atoms with Crippen LogP contribution >= 0.6 is 0 Å². The number of rotatable bonds is 2. The third-order valence-electron chi connectivity index (χ3n) is 3.06. The number of piperidine rings is 1. The summed E-state index contributed by atoms with van der Waals surface area (Å²) >= 11 is 0. The van der Waals surface area contributed by atoms with Crippen LogP contribution in [0.1, 0.15) is 18.4 Å². The van der Waals surface area contributed by atoms with Crippen LogP contribution in [0.25, 0.3) is 0 Å². The number of halogens is 1. The lowest BCUT2D eigenvalue weighted by Gasteiger charge is -2.29. The number of aryl methyl sites for hydroxylation is 1. The highest BCUT2D eigenvalue weighted by Gasteiger charge is 2.31. The van der Waals surface area contributed by atoms with Crippen molar-refractivity contribution < 1.29 is 17.9 Å². The molecule has 1 unspecified atom stereocenters. The molecule has 0 spiro atoms. The second-order valence-electron chi connectivity index (χ2n) is 4.59. The number of nitrogens with zero attached hydrogens (tertiary/aromatic N) is 1. The van der Waals surface area contributed by atoms with Gasteiger partial charge in [0.25, 0.3) is 0 Å². The maximum absolute atomic E-state index is 13.6. The highest BCUT2D eigenvalue weighted by Crippen LogP contribution is 2.23. The molecule has 0 bridgehead atoms. The monoisotopic (exact) mass is 273 g/mol. The van der Waals surface area contributed by atoms with Gasteiger partial charge in [-0.05, 0) is 37.5 Å². The summed E-state index contributed by atoms with van der Waals surface area (Å²) in [5.41, 5.74) is 0.688. The molecule has 4 nitrogen and oxygen atoms in total. The van der Waals surface area contributed by atoms with Gasteiger partial charge in [-0.3, -0.25) is 0 Å². The van der Waals surface area contributed by atoms with Gasteiger partial charge in [0.05, 0.1) is 6.10 Å². The summed E-state index contributed by atoms with van der Waals surface area (Å²) in [7, 11) is -3.85. The number of hydrogen-bond acceptors (Lipinski definition) is 3. The molecule has 1 aliphatic rings. The van der Waals surface area contributed by atoms with Gasteiger partial charge >= 0.3 is 0 Å². The molecule has 1 aromatic rings. The van der Waals surface area contributed by atoms with Crippen molar-refractivity contribution in [2.24, 2.45) is 0 Å². The Balaban J connectivity index is 2.38. The van der Waals surface area contributed by atoms with Gasteiger partial charge in [-0.2, -0.15) is 4.31 Å². The fourth-order valence-electron chi connectivity index (χ4n) is 2.09. The Morgan fingerprint density at radius 1 is 1.44 bits per heavy atom. The standard InChI is InChI=1S/C12H16FNO3S/c1-9-4-5-11(13)12(7-9)18(16,17)14-6-2-3-10(15)8-14/h4-5,7,10,15H,2-3,6,8H2,1H3. The summed E-state index contributed by atoms with van der Waals surface area (Å²) in [5.74, 6) is -0.749. The van der Waals surface area contributed by atoms with Crippen LogP contribution in [0.4, 0.5) is 4.39 Å². The molecule has 1 aromatic carbocycles. The van der Waals surface area contributed by atoms with Crippen molar-refractivity contribution in [1.29, 1.82) is 0 Å². The zero-order chi connectivity index (χ0) is 13.3. The fourth-order valence-corrected chi connectivity index (χ4v) is 3.75. The maximum Gasteiger partial charge on any atom is 0.246 e. The number of benzene rings is 1. The van der Waals surface area contributed by atoms with E-state index in [1.54, 1.807) is 6.92 Å². The first kappa shape index (κ1) is 13.5.